The fraction of sp³-hybridized carbons (Fsp3) is 0.625. The van der Waals surface area contributed by atoms with Crippen molar-refractivity contribution in [2.45, 2.75) is 20.3 Å². The first-order valence-corrected chi connectivity index (χ1v) is 3.25. The molecule has 1 rings (SSSR count). The van der Waals surface area contributed by atoms with Crippen molar-refractivity contribution >= 4 is 5.78 Å². The average Bonchev–Trinajstić information content (AvgIpc) is 2.44. The summed E-state index contributed by atoms with van der Waals surface area (Å²) in [6.07, 6.45) is 2.88. The van der Waals surface area contributed by atoms with Crippen molar-refractivity contribution in [1.29, 1.82) is 0 Å². The molecule has 1 saturated carbocycles. The molecular formula is C8H12O. The molecule has 1 heteroatoms. The summed E-state index contributed by atoms with van der Waals surface area (Å²) in [4.78, 5) is 10.8. The van der Waals surface area contributed by atoms with Crippen LogP contribution in [0.2, 0.25) is 0 Å². The highest BCUT2D eigenvalue weighted by Gasteiger charge is 2.51. The fourth-order valence-electron chi connectivity index (χ4n) is 1.15. The quantitative estimate of drug-likeness (QED) is 0.513. The summed E-state index contributed by atoms with van der Waals surface area (Å²) in [5.41, 5.74) is -0.0399. The van der Waals surface area contributed by atoms with E-state index in [-0.39, 0.29) is 5.41 Å². The summed E-state index contributed by atoms with van der Waals surface area (Å²) < 4.78 is 0. The van der Waals surface area contributed by atoms with Crippen LogP contribution in [0.5, 0.6) is 0 Å². The van der Waals surface area contributed by atoms with E-state index in [0.717, 1.165) is 6.42 Å². The van der Waals surface area contributed by atoms with E-state index in [1.165, 1.54) is 0 Å². The Morgan fingerprint density at radius 2 is 2.44 bits per heavy atom. The topological polar surface area (TPSA) is 17.1 Å². The number of Topliss-reactive ketones (excluding diaryl/α,β-unsaturated/α-hetero) is 1. The van der Waals surface area contributed by atoms with Crippen LogP contribution in [0.25, 0.3) is 0 Å². The van der Waals surface area contributed by atoms with E-state index in [0.29, 0.717) is 11.7 Å². The molecule has 1 aliphatic carbocycles. The minimum atomic E-state index is -0.0399. The Labute approximate surface area is 55.8 Å². The molecule has 1 aliphatic rings. The molecule has 0 aliphatic heterocycles. The molecule has 0 amide bonds. The summed E-state index contributed by atoms with van der Waals surface area (Å²) in [6.45, 7) is 7.31. The maximum absolute atomic E-state index is 10.8. The second-order valence-corrected chi connectivity index (χ2v) is 3.02. The van der Waals surface area contributed by atoms with Gasteiger partial charge in [-0.15, -0.1) is 6.58 Å². The van der Waals surface area contributed by atoms with Crippen molar-refractivity contribution in [3.8, 4) is 0 Å². The first-order chi connectivity index (χ1) is 4.11. The minimum Gasteiger partial charge on any atom is -0.299 e. The predicted octanol–water partition coefficient (Wildman–Crippen LogP) is 1.79. The van der Waals surface area contributed by atoms with Gasteiger partial charge in [0.2, 0.25) is 0 Å². The number of allylic oxidation sites excluding steroid dienone is 1. The first-order valence-electron chi connectivity index (χ1n) is 3.25. The van der Waals surface area contributed by atoms with E-state index >= 15 is 0 Å². The zero-order valence-corrected chi connectivity index (χ0v) is 5.98. The molecule has 0 unspecified atom stereocenters. The van der Waals surface area contributed by atoms with Crippen molar-refractivity contribution in [3.63, 3.8) is 0 Å². The summed E-state index contributed by atoms with van der Waals surface area (Å²) in [7, 11) is 0. The van der Waals surface area contributed by atoms with Crippen LogP contribution in [0, 0.1) is 11.3 Å². The average molecular weight is 124 g/mol. The molecule has 0 radical (unpaired) electrons. The van der Waals surface area contributed by atoms with Gasteiger partial charge in [-0.05, 0) is 19.3 Å². The van der Waals surface area contributed by atoms with E-state index in [9.17, 15) is 4.79 Å². The first kappa shape index (κ1) is 6.53. The van der Waals surface area contributed by atoms with Crippen molar-refractivity contribution in [3.05, 3.63) is 12.7 Å². The predicted molar refractivity (Wildman–Crippen MR) is 37.1 cm³/mol. The molecule has 9 heavy (non-hydrogen) atoms. The normalized spacial score (nSPS) is 40.0. The standard InChI is InChI=1S/C8H12O/c1-4-7-5-8(7,3)6(2)9/h4,7H,1,5H2,2-3H3/t7-,8-/m1/s1. The summed E-state index contributed by atoms with van der Waals surface area (Å²) in [6, 6.07) is 0. The van der Waals surface area contributed by atoms with Crippen LogP contribution in [0.3, 0.4) is 0 Å². The fourth-order valence-corrected chi connectivity index (χ4v) is 1.15. The lowest BCUT2D eigenvalue weighted by molar-refractivity contribution is -0.121. The second kappa shape index (κ2) is 1.69. The van der Waals surface area contributed by atoms with Gasteiger partial charge in [-0.2, -0.15) is 0 Å². The van der Waals surface area contributed by atoms with Crippen LogP contribution < -0.4 is 0 Å². The Hall–Kier alpha value is -0.590. The summed E-state index contributed by atoms with van der Waals surface area (Å²) in [5.74, 6) is 0.752. The summed E-state index contributed by atoms with van der Waals surface area (Å²) >= 11 is 0. The van der Waals surface area contributed by atoms with Gasteiger partial charge < -0.3 is 0 Å². The monoisotopic (exact) mass is 124 g/mol. The molecule has 50 valence electrons. The molecule has 0 heterocycles. The molecule has 0 aromatic carbocycles. The van der Waals surface area contributed by atoms with E-state index in [1.807, 2.05) is 13.0 Å². The largest absolute Gasteiger partial charge is 0.299 e. The Morgan fingerprint density at radius 3 is 2.56 bits per heavy atom. The third-order valence-electron chi connectivity index (χ3n) is 2.39. The zero-order chi connectivity index (χ0) is 7.07. The lowest BCUT2D eigenvalue weighted by atomic mass is 10.0. The number of hydrogen-bond acceptors (Lipinski definition) is 1. The molecule has 2 atom stereocenters. The van der Waals surface area contributed by atoms with Crippen LogP contribution in [0.15, 0.2) is 12.7 Å². The van der Waals surface area contributed by atoms with Crippen molar-refractivity contribution < 1.29 is 4.79 Å². The highest BCUT2D eigenvalue weighted by molar-refractivity contribution is 5.85. The van der Waals surface area contributed by atoms with E-state index < -0.39 is 0 Å². The maximum Gasteiger partial charge on any atom is 0.136 e. The van der Waals surface area contributed by atoms with E-state index in [1.54, 1.807) is 6.92 Å². The van der Waals surface area contributed by atoms with Gasteiger partial charge >= 0.3 is 0 Å². The van der Waals surface area contributed by atoms with Gasteiger partial charge in [0.25, 0.3) is 0 Å². The number of carbonyl (C=O) groups is 1. The van der Waals surface area contributed by atoms with Crippen LogP contribution in [0.1, 0.15) is 20.3 Å². The molecule has 1 nitrogen and oxygen atoms in total. The van der Waals surface area contributed by atoms with Gasteiger partial charge in [0.1, 0.15) is 5.78 Å². The van der Waals surface area contributed by atoms with Crippen LogP contribution in [-0.4, -0.2) is 5.78 Å². The van der Waals surface area contributed by atoms with Crippen LogP contribution in [-0.2, 0) is 4.79 Å². The molecular weight excluding hydrogens is 112 g/mol. The number of hydrogen-bond donors (Lipinski definition) is 0. The van der Waals surface area contributed by atoms with Crippen molar-refractivity contribution in [2.75, 3.05) is 0 Å². The van der Waals surface area contributed by atoms with Gasteiger partial charge in [-0.25, -0.2) is 0 Å². The Morgan fingerprint density at radius 1 is 1.89 bits per heavy atom. The number of rotatable bonds is 2. The van der Waals surface area contributed by atoms with Crippen molar-refractivity contribution in [1.82, 2.24) is 0 Å². The van der Waals surface area contributed by atoms with Crippen LogP contribution >= 0.6 is 0 Å². The number of ketones is 1. The maximum atomic E-state index is 10.8. The second-order valence-electron chi connectivity index (χ2n) is 3.02. The van der Waals surface area contributed by atoms with Gasteiger partial charge in [0, 0.05) is 5.41 Å². The zero-order valence-electron chi connectivity index (χ0n) is 5.98. The minimum absolute atomic E-state index is 0.0399. The highest BCUT2D eigenvalue weighted by atomic mass is 16.1. The number of carbonyl (C=O) groups excluding carboxylic acids is 1. The lowest BCUT2D eigenvalue weighted by Crippen LogP contribution is -2.08. The van der Waals surface area contributed by atoms with E-state index in [2.05, 4.69) is 6.58 Å². The molecule has 1 fully saturated rings. The lowest BCUT2D eigenvalue weighted by Gasteiger charge is -2.00. The SMILES string of the molecule is C=C[C@@H]1C[C@]1(C)C(C)=O. The third-order valence-corrected chi connectivity index (χ3v) is 2.39. The molecule has 0 N–H and O–H groups in total. The van der Waals surface area contributed by atoms with Gasteiger partial charge in [0.05, 0.1) is 0 Å². The molecule has 0 aromatic rings. The van der Waals surface area contributed by atoms with Gasteiger partial charge in [-0.3, -0.25) is 4.79 Å². The Balaban J connectivity index is 2.62. The molecule has 0 bridgehead atoms. The molecule has 0 saturated heterocycles. The van der Waals surface area contributed by atoms with Crippen molar-refractivity contribution in [2.24, 2.45) is 11.3 Å². The smallest absolute Gasteiger partial charge is 0.136 e. The molecule has 0 aromatic heterocycles. The summed E-state index contributed by atoms with van der Waals surface area (Å²) in [5, 5.41) is 0. The van der Waals surface area contributed by atoms with Gasteiger partial charge in [-0.1, -0.05) is 13.0 Å². The highest BCUT2D eigenvalue weighted by Crippen LogP contribution is 2.53. The molecule has 0 spiro atoms. The third kappa shape index (κ3) is 0.805. The van der Waals surface area contributed by atoms with E-state index in [4.69, 9.17) is 0 Å². The van der Waals surface area contributed by atoms with Crippen LogP contribution in [0.4, 0.5) is 0 Å². The Kier molecular flexibility index (Phi) is 1.23. The van der Waals surface area contributed by atoms with Gasteiger partial charge in [0.15, 0.2) is 0 Å². The Bertz CT molecular complexity index is 160.